The molecule has 0 spiro atoms. The van der Waals surface area contributed by atoms with E-state index < -0.39 is 5.97 Å². The third kappa shape index (κ3) is 4.11. The standard InChI is InChI=1S/C12H22N4O3S/c1-8(2)16-11(15(4)9(3)6-19-5)13-14-12(16)20-7-10(17)18/h8-9H,6-7H2,1-5H3,(H,17,18). The predicted molar refractivity (Wildman–Crippen MR) is 78.5 cm³/mol. The Morgan fingerprint density at radius 2 is 2.10 bits per heavy atom. The van der Waals surface area contributed by atoms with Gasteiger partial charge in [-0.1, -0.05) is 11.8 Å². The summed E-state index contributed by atoms with van der Waals surface area (Å²) in [6.45, 7) is 6.66. The molecule has 114 valence electrons. The van der Waals surface area contributed by atoms with Gasteiger partial charge in [0.1, 0.15) is 0 Å². The van der Waals surface area contributed by atoms with Crippen LogP contribution < -0.4 is 4.90 Å². The van der Waals surface area contributed by atoms with E-state index in [-0.39, 0.29) is 17.8 Å². The molecule has 20 heavy (non-hydrogen) atoms. The molecule has 0 aromatic carbocycles. The minimum Gasteiger partial charge on any atom is -0.481 e. The van der Waals surface area contributed by atoms with E-state index in [0.29, 0.717) is 11.8 Å². The van der Waals surface area contributed by atoms with Crippen molar-refractivity contribution in [3.8, 4) is 0 Å². The van der Waals surface area contributed by atoms with E-state index in [1.165, 1.54) is 11.8 Å². The zero-order valence-corrected chi connectivity index (χ0v) is 13.3. The summed E-state index contributed by atoms with van der Waals surface area (Å²) < 4.78 is 7.09. The van der Waals surface area contributed by atoms with Crippen LogP contribution in [0.2, 0.25) is 0 Å². The monoisotopic (exact) mass is 302 g/mol. The number of carboxylic acid groups (broad SMARTS) is 1. The van der Waals surface area contributed by atoms with Gasteiger partial charge in [0.25, 0.3) is 0 Å². The van der Waals surface area contributed by atoms with Crippen LogP contribution in [0.5, 0.6) is 0 Å². The third-order valence-electron chi connectivity index (χ3n) is 2.87. The number of rotatable bonds is 8. The molecule has 0 aliphatic carbocycles. The maximum atomic E-state index is 10.7. The highest BCUT2D eigenvalue weighted by Gasteiger charge is 2.21. The summed E-state index contributed by atoms with van der Waals surface area (Å²) in [5.41, 5.74) is 0. The van der Waals surface area contributed by atoms with Crippen molar-refractivity contribution in [1.29, 1.82) is 0 Å². The van der Waals surface area contributed by atoms with E-state index in [9.17, 15) is 4.79 Å². The number of aromatic nitrogens is 3. The molecular weight excluding hydrogens is 280 g/mol. The number of ether oxygens (including phenoxy) is 1. The topological polar surface area (TPSA) is 80.5 Å². The fourth-order valence-electron chi connectivity index (χ4n) is 1.74. The van der Waals surface area contributed by atoms with Crippen LogP contribution in [0.1, 0.15) is 26.8 Å². The smallest absolute Gasteiger partial charge is 0.313 e. The summed E-state index contributed by atoms with van der Waals surface area (Å²) in [7, 11) is 3.59. The fraction of sp³-hybridized carbons (Fsp3) is 0.750. The number of carboxylic acids is 1. The normalized spacial score (nSPS) is 12.7. The molecule has 0 aliphatic heterocycles. The number of anilines is 1. The SMILES string of the molecule is COCC(C)N(C)c1nnc(SCC(=O)O)n1C(C)C. The number of thioether (sulfide) groups is 1. The molecule has 0 amide bonds. The first-order valence-corrected chi connectivity index (χ1v) is 7.38. The molecule has 1 N–H and O–H groups in total. The lowest BCUT2D eigenvalue weighted by atomic mass is 10.3. The highest BCUT2D eigenvalue weighted by Crippen LogP contribution is 2.26. The van der Waals surface area contributed by atoms with Gasteiger partial charge in [-0.2, -0.15) is 0 Å². The van der Waals surface area contributed by atoms with Crippen molar-refractivity contribution in [2.24, 2.45) is 0 Å². The van der Waals surface area contributed by atoms with Gasteiger partial charge in [-0.3, -0.25) is 9.36 Å². The molecule has 7 nitrogen and oxygen atoms in total. The molecule has 1 rings (SSSR count). The van der Waals surface area contributed by atoms with E-state index in [4.69, 9.17) is 9.84 Å². The van der Waals surface area contributed by atoms with Crippen LogP contribution in [-0.2, 0) is 9.53 Å². The molecule has 8 heteroatoms. The summed E-state index contributed by atoms with van der Waals surface area (Å²) in [4.78, 5) is 12.7. The lowest BCUT2D eigenvalue weighted by molar-refractivity contribution is -0.133. The molecule has 0 saturated carbocycles. The first-order chi connectivity index (χ1) is 9.38. The average Bonchev–Trinajstić information content (AvgIpc) is 2.79. The second-order valence-electron chi connectivity index (χ2n) is 4.84. The van der Waals surface area contributed by atoms with E-state index in [0.717, 1.165) is 5.95 Å². The Bertz CT molecular complexity index is 450. The highest BCUT2D eigenvalue weighted by atomic mass is 32.2. The highest BCUT2D eigenvalue weighted by molar-refractivity contribution is 7.99. The van der Waals surface area contributed by atoms with Crippen LogP contribution in [0.25, 0.3) is 0 Å². The number of nitrogens with zero attached hydrogens (tertiary/aromatic N) is 4. The van der Waals surface area contributed by atoms with Gasteiger partial charge in [-0.05, 0) is 20.8 Å². The molecule has 1 unspecified atom stereocenters. The average molecular weight is 302 g/mol. The van der Waals surface area contributed by atoms with Crippen molar-refractivity contribution in [1.82, 2.24) is 14.8 Å². The first-order valence-electron chi connectivity index (χ1n) is 6.39. The number of hydrogen-bond acceptors (Lipinski definition) is 6. The van der Waals surface area contributed by atoms with Crippen LogP contribution in [0.4, 0.5) is 5.95 Å². The molecule has 0 saturated heterocycles. The van der Waals surface area contributed by atoms with Gasteiger partial charge in [-0.15, -0.1) is 10.2 Å². The van der Waals surface area contributed by atoms with E-state index in [1.807, 2.05) is 37.3 Å². The predicted octanol–water partition coefficient (Wildman–Crippen LogP) is 1.51. The third-order valence-corrected chi connectivity index (χ3v) is 3.80. The molecule has 0 fully saturated rings. The second-order valence-corrected chi connectivity index (χ2v) is 5.79. The van der Waals surface area contributed by atoms with Gasteiger partial charge < -0.3 is 14.7 Å². The summed E-state index contributed by atoms with van der Waals surface area (Å²) >= 11 is 1.18. The number of hydrogen-bond donors (Lipinski definition) is 1. The van der Waals surface area contributed by atoms with Crippen LogP contribution in [0.3, 0.4) is 0 Å². The Hall–Kier alpha value is -1.28. The second kappa shape index (κ2) is 7.49. The van der Waals surface area contributed by atoms with Crippen LogP contribution >= 0.6 is 11.8 Å². The minimum atomic E-state index is -0.865. The number of carbonyl (C=O) groups is 1. The lowest BCUT2D eigenvalue weighted by Gasteiger charge is -2.26. The van der Waals surface area contributed by atoms with Crippen molar-refractivity contribution >= 4 is 23.7 Å². The van der Waals surface area contributed by atoms with Crippen molar-refractivity contribution in [2.75, 3.05) is 31.4 Å². The van der Waals surface area contributed by atoms with Crippen molar-refractivity contribution < 1.29 is 14.6 Å². The quantitative estimate of drug-likeness (QED) is 0.729. The van der Waals surface area contributed by atoms with Gasteiger partial charge in [0, 0.05) is 20.2 Å². The summed E-state index contributed by atoms with van der Waals surface area (Å²) in [6.07, 6.45) is 0. The maximum absolute atomic E-state index is 10.7. The van der Waals surface area contributed by atoms with E-state index in [2.05, 4.69) is 10.2 Å². The largest absolute Gasteiger partial charge is 0.481 e. The number of methoxy groups -OCH3 is 1. The van der Waals surface area contributed by atoms with Crippen LogP contribution in [-0.4, -0.2) is 58.4 Å². The van der Waals surface area contributed by atoms with Gasteiger partial charge >= 0.3 is 5.97 Å². The van der Waals surface area contributed by atoms with Crippen molar-refractivity contribution in [3.63, 3.8) is 0 Å². The zero-order valence-electron chi connectivity index (χ0n) is 12.5. The van der Waals surface area contributed by atoms with Crippen LogP contribution in [0, 0.1) is 0 Å². The van der Waals surface area contributed by atoms with Gasteiger partial charge in [0.2, 0.25) is 5.95 Å². The number of aliphatic carboxylic acids is 1. The Balaban J connectivity index is 2.99. The summed E-state index contributed by atoms with van der Waals surface area (Å²) in [5, 5.41) is 17.7. The molecule has 0 aliphatic rings. The van der Waals surface area contributed by atoms with Gasteiger partial charge in [0.15, 0.2) is 5.16 Å². The molecule has 0 radical (unpaired) electrons. The molecule has 1 heterocycles. The van der Waals surface area contributed by atoms with Gasteiger partial charge in [0.05, 0.1) is 18.4 Å². The molecule has 1 atom stereocenters. The van der Waals surface area contributed by atoms with E-state index in [1.54, 1.807) is 7.11 Å². The maximum Gasteiger partial charge on any atom is 0.313 e. The van der Waals surface area contributed by atoms with Crippen molar-refractivity contribution in [2.45, 2.75) is 38.0 Å². The molecular formula is C12H22N4O3S. The van der Waals surface area contributed by atoms with Crippen LogP contribution in [0.15, 0.2) is 5.16 Å². The Kier molecular flexibility index (Phi) is 6.28. The van der Waals surface area contributed by atoms with Gasteiger partial charge in [-0.25, -0.2) is 0 Å². The fourth-order valence-corrected chi connectivity index (χ4v) is 2.52. The molecule has 1 aromatic heterocycles. The summed E-state index contributed by atoms with van der Waals surface area (Å²) in [6, 6.07) is 0.299. The molecule has 0 bridgehead atoms. The minimum absolute atomic E-state index is 0.0256. The molecule has 1 aromatic rings. The Morgan fingerprint density at radius 3 is 2.60 bits per heavy atom. The Morgan fingerprint density at radius 1 is 1.45 bits per heavy atom. The Labute approximate surface area is 123 Å². The van der Waals surface area contributed by atoms with E-state index >= 15 is 0 Å². The number of likely N-dealkylation sites (N-methyl/N-ethyl adjacent to an activating group) is 1. The lowest BCUT2D eigenvalue weighted by Crippen LogP contribution is -2.35. The van der Waals surface area contributed by atoms with Crippen molar-refractivity contribution in [3.05, 3.63) is 0 Å². The summed E-state index contributed by atoms with van der Waals surface area (Å²) in [5.74, 6) is -0.171. The zero-order chi connectivity index (χ0) is 15.3. The first kappa shape index (κ1) is 16.8.